The van der Waals surface area contributed by atoms with E-state index < -0.39 is 5.67 Å². The Balaban J connectivity index is 2.31. The van der Waals surface area contributed by atoms with Crippen LogP contribution in [-0.2, 0) is 0 Å². The highest BCUT2D eigenvalue weighted by molar-refractivity contribution is 4.82. The van der Waals surface area contributed by atoms with Gasteiger partial charge in [0.05, 0.1) is 0 Å². The van der Waals surface area contributed by atoms with E-state index >= 15 is 0 Å². The second-order valence-corrected chi connectivity index (χ2v) is 5.07. The maximum atomic E-state index is 14.0. The van der Waals surface area contributed by atoms with E-state index in [4.69, 9.17) is 0 Å². The van der Waals surface area contributed by atoms with Crippen molar-refractivity contribution in [3.05, 3.63) is 0 Å². The van der Waals surface area contributed by atoms with E-state index in [1.165, 1.54) is 0 Å². The highest BCUT2D eigenvalue weighted by atomic mass is 19.1. The van der Waals surface area contributed by atoms with Crippen molar-refractivity contribution in [2.75, 3.05) is 13.1 Å². The van der Waals surface area contributed by atoms with Gasteiger partial charge in [-0.2, -0.15) is 0 Å². The fourth-order valence-corrected chi connectivity index (χ4v) is 2.43. The zero-order chi connectivity index (χ0) is 9.90. The van der Waals surface area contributed by atoms with Crippen LogP contribution >= 0.6 is 0 Å². The first-order valence-corrected chi connectivity index (χ1v) is 5.39. The number of rotatable bonds is 4. The van der Waals surface area contributed by atoms with Crippen molar-refractivity contribution in [3.63, 3.8) is 0 Å². The van der Waals surface area contributed by atoms with Crippen LogP contribution in [0.3, 0.4) is 0 Å². The summed E-state index contributed by atoms with van der Waals surface area (Å²) >= 11 is 0. The molecule has 2 atom stereocenters. The van der Waals surface area contributed by atoms with Crippen molar-refractivity contribution in [3.8, 4) is 0 Å². The maximum absolute atomic E-state index is 14.0. The van der Waals surface area contributed by atoms with Crippen LogP contribution in [0.1, 0.15) is 40.0 Å². The quantitative estimate of drug-likeness (QED) is 0.713. The highest BCUT2D eigenvalue weighted by Gasteiger charge is 2.29. The summed E-state index contributed by atoms with van der Waals surface area (Å²) in [5.41, 5.74) is -0.954. The maximum Gasteiger partial charge on any atom is 0.108 e. The van der Waals surface area contributed by atoms with Crippen LogP contribution in [0.4, 0.5) is 4.39 Å². The average Bonchev–Trinajstić information content (AvgIpc) is 2.34. The van der Waals surface area contributed by atoms with Gasteiger partial charge in [0.2, 0.25) is 0 Å². The first kappa shape index (κ1) is 11.0. The van der Waals surface area contributed by atoms with E-state index in [9.17, 15) is 4.39 Å². The predicted octanol–water partition coefficient (Wildman–Crippen LogP) is 2.76. The zero-order valence-electron chi connectivity index (χ0n) is 9.07. The molecule has 1 fully saturated rings. The van der Waals surface area contributed by atoms with Gasteiger partial charge in [-0.1, -0.05) is 13.8 Å². The van der Waals surface area contributed by atoms with Crippen molar-refractivity contribution in [2.45, 2.75) is 45.7 Å². The fraction of sp³-hybridized carbons (Fsp3) is 1.00. The van der Waals surface area contributed by atoms with Crippen LogP contribution in [0.25, 0.3) is 0 Å². The third-order valence-electron chi connectivity index (χ3n) is 2.71. The molecule has 13 heavy (non-hydrogen) atoms. The van der Waals surface area contributed by atoms with Crippen LogP contribution in [-0.4, -0.2) is 18.8 Å². The molecule has 2 unspecified atom stereocenters. The van der Waals surface area contributed by atoms with Crippen molar-refractivity contribution >= 4 is 0 Å². The molecule has 1 saturated heterocycles. The Morgan fingerprint density at radius 1 is 1.54 bits per heavy atom. The Hall–Kier alpha value is -0.110. The summed E-state index contributed by atoms with van der Waals surface area (Å²) in [6.45, 7) is 8.01. The van der Waals surface area contributed by atoms with Gasteiger partial charge in [-0.25, -0.2) is 4.39 Å². The van der Waals surface area contributed by atoms with Crippen LogP contribution in [0, 0.1) is 11.8 Å². The first-order chi connectivity index (χ1) is 5.99. The summed E-state index contributed by atoms with van der Waals surface area (Å²) in [6.07, 6.45) is 2.58. The number of nitrogens with one attached hydrogen (secondary N) is 1. The molecule has 1 aliphatic rings. The predicted molar refractivity (Wildman–Crippen MR) is 54.6 cm³/mol. The molecule has 0 aromatic heterocycles. The second kappa shape index (κ2) is 4.41. The molecule has 0 saturated carbocycles. The lowest BCUT2D eigenvalue weighted by Gasteiger charge is -2.25. The summed E-state index contributed by atoms with van der Waals surface area (Å²) < 4.78 is 14.0. The molecule has 1 rings (SSSR count). The van der Waals surface area contributed by atoms with Crippen LogP contribution in [0.5, 0.6) is 0 Å². The summed E-state index contributed by atoms with van der Waals surface area (Å²) in [5.74, 6) is 1.03. The first-order valence-electron chi connectivity index (χ1n) is 5.39. The summed E-state index contributed by atoms with van der Waals surface area (Å²) in [6, 6.07) is 0. The molecular formula is C11H22FN. The topological polar surface area (TPSA) is 12.0 Å². The van der Waals surface area contributed by atoms with E-state index in [0.29, 0.717) is 18.3 Å². The van der Waals surface area contributed by atoms with E-state index in [1.54, 1.807) is 6.92 Å². The Kier molecular flexibility index (Phi) is 3.72. The van der Waals surface area contributed by atoms with E-state index in [2.05, 4.69) is 19.2 Å². The van der Waals surface area contributed by atoms with Gasteiger partial charge in [0.1, 0.15) is 5.67 Å². The molecule has 2 heteroatoms. The van der Waals surface area contributed by atoms with Gasteiger partial charge in [0.25, 0.3) is 0 Å². The summed E-state index contributed by atoms with van der Waals surface area (Å²) in [5, 5.41) is 3.28. The molecule has 0 radical (unpaired) electrons. The lowest BCUT2D eigenvalue weighted by Crippen LogP contribution is -2.25. The van der Waals surface area contributed by atoms with Crippen molar-refractivity contribution in [1.29, 1.82) is 0 Å². The minimum atomic E-state index is -0.954. The summed E-state index contributed by atoms with van der Waals surface area (Å²) in [7, 11) is 0. The Bertz CT molecular complexity index is 148. The number of halogens is 1. The highest BCUT2D eigenvalue weighted by Crippen LogP contribution is 2.30. The molecule has 1 N–H and O–H groups in total. The Morgan fingerprint density at radius 2 is 2.23 bits per heavy atom. The Labute approximate surface area is 81.1 Å². The second-order valence-electron chi connectivity index (χ2n) is 5.07. The minimum Gasteiger partial charge on any atom is -0.316 e. The molecule has 0 bridgehead atoms. The molecule has 0 aromatic rings. The lowest BCUT2D eigenvalue weighted by molar-refractivity contribution is 0.120. The molecule has 78 valence electrons. The third-order valence-corrected chi connectivity index (χ3v) is 2.71. The number of hydrogen-bond acceptors (Lipinski definition) is 1. The molecular weight excluding hydrogens is 165 g/mol. The number of hydrogen-bond donors (Lipinski definition) is 1. The van der Waals surface area contributed by atoms with Crippen LogP contribution in [0.2, 0.25) is 0 Å². The third kappa shape index (κ3) is 4.08. The standard InChI is InChI=1S/C11H22FN/c1-9(2)6-11(3,12)7-10-4-5-13-8-10/h9-10,13H,4-8H2,1-3H3. The monoisotopic (exact) mass is 187 g/mol. The van der Waals surface area contributed by atoms with Gasteiger partial charge in [-0.15, -0.1) is 0 Å². The Morgan fingerprint density at radius 3 is 2.69 bits per heavy atom. The average molecular weight is 187 g/mol. The fourth-order valence-electron chi connectivity index (χ4n) is 2.43. The lowest BCUT2D eigenvalue weighted by atomic mass is 9.86. The van der Waals surface area contributed by atoms with Crippen LogP contribution in [0.15, 0.2) is 0 Å². The van der Waals surface area contributed by atoms with Gasteiger partial charge in [0, 0.05) is 0 Å². The SMILES string of the molecule is CC(C)CC(C)(F)CC1CCNC1. The van der Waals surface area contributed by atoms with E-state index in [-0.39, 0.29) is 0 Å². The minimum absolute atomic E-state index is 0.462. The zero-order valence-corrected chi connectivity index (χ0v) is 9.07. The smallest absolute Gasteiger partial charge is 0.108 e. The van der Waals surface area contributed by atoms with Gasteiger partial charge < -0.3 is 5.32 Å². The van der Waals surface area contributed by atoms with Crippen LogP contribution < -0.4 is 5.32 Å². The molecule has 1 aliphatic heterocycles. The number of alkyl halides is 1. The molecule has 0 spiro atoms. The normalized spacial score (nSPS) is 27.9. The van der Waals surface area contributed by atoms with Gasteiger partial charge in [0.15, 0.2) is 0 Å². The molecule has 1 heterocycles. The van der Waals surface area contributed by atoms with E-state index in [0.717, 1.165) is 25.9 Å². The largest absolute Gasteiger partial charge is 0.316 e. The van der Waals surface area contributed by atoms with Crippen molar-refractivity contribution < 1.29 is 4.39 Å². The molecule has 0 amide bonds. The van der Waals surface area contributed by atoms with Gasteiger partial charge in [-0.3, -0.25) is 0 Å². The van der Waals surface area contributed by atoms with Gasteiger partial charge in [-0.05, 0) is 51.1 Å². The molecule has 0 aromatic carbocycles. The van der Waals surface area contributed by atoms with Crippen molar-refractivity contribution in [1.82, 2.24) is 5.32 Å². The summed E-state index contributed by atoms with van der Waals surface area (Å²) in [4.78, 5) is 0. The molecule has 1 nitrogen and oxygen atoms in total. The van der Waals surface area contributed by atoms with E-state index in [1.807, 2.05) is 0 Å². The molecule has 0 aliphatic carbocycles. The van der Waals surface area contributed by atoms with Crippen molar-refractivity contribution in [2.24, 2.45) is 11.8 Å². The van der Waals surface area contributed by atoms with Gasteiger partial charge >= 0.3 is 0 Å².